The van der Waals surface area contributed by atoms with Gasteiger partial charge < -0.3 is 15.6 Å². The van der Waals surface area contributed by atoms with Crippen molar-refractivity contribution in [2.45, 2.75) is 25.4 Å². The van der Waals surface area contributed by atoms with Gasteiger partial charge in [-0.1, -0.05) is 73.3 Å². The number of aromatic nitrogens is 2. The lowest BCUT2D eigenvalue weighted by Crippen LogP contribution is -2.44. The van der Waals surface area contributed by atoms with Crippen LogP contribution in [0.5, 0.6) is 0 Å². The summed E-state index contributed by atoms with van der Waals surface area (Å²) in [5.41, 5.74) is 6.35. The van der Waals surface area contributed by atoms with E-state index >= 15 is 0 Å². The fourth-order valence-electron chi connectivity index (χ4n) is 5.67. The third-order valence-electron chi connectivity index (χ3n) is 8.01. The van der Waals surface area contributed by atoms with Gasteiger partial charge in [0.2, 0.25) is 5.91 Å². The molecule has 0 saturated carbocycles. The third-order valence-corrected chi connectivity index (χ3v) is 8.01. The van der Waals surface area contributed by atoms with Gasteiger partial charge >= 0.3 is 0 Å². The minimum Gasteiger partial charge on any atom is -0.349 e. The quantitative estimate of drug-likeness (QED) is 0.201. The molecule has 44 heavy (non-hydrogen) atoms. The number of para-hydroxylation sites is 1. The monoisotopic (exact) mass is 583 g/mol. The van der Waals surface area contributed by atoms with E-state index in [0.717, 1.165) is 54.9 Å². The standard InChI is InChI=1S/C36H33N5O3/c1-2-33(42)39-31-11-7-6-10-28(31)36(44)38-27-17-20-41(21-18-27)23-24-12-14-26(15-13-24)34-29(25-8-4-3-5-9-25)22-30-32(40-34)16-19-37-35(30)43/h2-16,19,22,27H,1,17-18,20-21,23H2,(H,37,43)(H,38,44)(H,39,42). The largest absolute Gasteiger partial charge is 0.349 e. The number of fused-ring (bicyclic) bond motifs is 1. The van der Waals surface area contributed by atoms with Crippen molar-refractivity contribution < 1.29 is 9.59 Å². The number of carbonyl (C=O) groups is 2. The number of hydrogen-bond donors (Lipinski definition) is 3. The Kier molecular flexibility index (Phi) is 8.43. The van der Waals surface area contributed by atoms with E-state index in [4.69, 9.17) is 4.98 Å². The molecule has 6 rings (SSSR count). The van der Waals surface area contributed by atoms with Crippen molar-refractivity contribution in [3.8, 4) is 22.4 Å². The summed E-state index contributed by atoms with van der Waals surface area (Å²) in [6.07, 6.45) is 4.49. The van der Waals surface area contributed by atoms with E-state index < -0.39 is 0 Å². The molecule has 2 amide bonds. The van der Waals surface area contributed by atoms with Crippen molar-refractivity contribution >= 4 is 28.4 Å². The Bertz CT molecular complexity index is 1870. The van der Waals surface area contributed by atoms with Crippen LogP contribution in [0.25, 0.3) is 33.3 Å². The van der Waals surface area contributed by atoms with Gasteiger partial charge in [-0.25, -0.2) is 4.98 Å². The second-order valence-corrected chi connectivity index (χ2v) is 10.9. The van der Waals surface area contributed by atoms with E-state index in [0.29, 0.717) is 22.2 Å². The Labute approximate surface area is 255 Å². The molecular formula is C36H33N5O3. The minimum absolute atomic E-state index is 0.0620. The van der Waals surface area contributed by atoms with Gasteiger partial charge in [-0.05, 0) is 54.3 Å². The van der Waals surface area contributed by atoms with Gasteiger partial charge in [0.25, 0.3) is 11.5 Å². The summed E-state index contributed by atoms with van der Waals surface area (Å²) >= 11 is 0. The second kappa shape index (κ2) is 12.9. The highest BCUT2D eigenvalue weighted by Crippen LogP contribution is 2.33. The van der Waals surface area contributed by atoms with Crippen LogP contribution in [0.4, 0.5) is 5.69 Å². The number of nitrogens with one attached hydrogen (secondary N) is 3. The Morgan fingerprint density at radius 3 is 2.41 bits per heavy atom. The molecule has 1 fully saturated rings. The number of likely N-dealkylation sites (tertiary alicyclic amines) is 1. The predicted molar refractivity (Wildman–Crippen MR) is 174 cm³/mol. The van der Waals surface area contributed by atoms with Gasteiger partial charge in [0.1, 0.15) is 0 Å². The molecule has 0 unspecified atom stereocenters. The summed E-state index contributed by atoms with van der Waals surface area (Å²) in [4.78, 5) is 47.3. The fourth-order valence-corrected chi connectivity index (χ4v) is 5.67. The van der Waals surface area contributed by atoms with E-state index in [1.165, 1.54) is 11.6 Å². The fraction of sp³-hybridized carbons (Fsp3) is 0.167. The average Bonchev–Trinajstić information content (AvgIpc) is 3.06. The number of H-pyrrole nitrogens is 1. The number of aromatic amines is 1. The van der Waals surface area contributed by atoms with Gasteiger partial charge in [-0.15, -0.1) is 0 Å². The Morgan fingerprint density at radius 1 is 0.932 bits per heavy atom. The summed E-state index contributed by atoms with van der Waals surface area (Å²) in [6.45, 7) is 6.01. The van der Waals surface area contributed by atoms with Crippen LogP contribution in [-0.4, -0.2) is 45.8 Å². The number of rotatable bonds is 8. The van der Waals surface area contributed by atoms with Gasteiger partial charge in [0.15, 0.2) is 0 Å². The van der Waals surface area contributed by atoms with E-state index in [1.54, 1.807) is 30.5 Å². The summed E-state index contributed by atoms with van der Waals surface area (Å²) in [7, 11) is 0. The normalized spacial score (nSPS) is 13.8. The Hall–Kier alpha value is -5.34. The first-order chi connectivity index (χ1) is 21.5. The first-order valence-corrected chi connectivity index (χ1v) is 14.7. The zero-order valence-electron chi connectivity index (χ0n) is 24.3. The molecule has 1 saturated heterocycles. The number of anilines is 1. The summed E-state index contributed by atoms with van der Waals surface area (Å²) in [5, 5.41) is 6.41. The number of piperidine rings is 1. The van der Waals surface area contributed by atoms with Crippen molar-refractivity contribution in [2.75, 3.05) is 18.4 Å². The first-order valence-electron chi connectivity index (χ1n) is 14.7. The lowest BCUT2D eigenvalue weighted by molar-refractivity contribution is -0.111. The zero-order chi connectivity index (χ0) is 30.5. The van der Waals surface area contributed by atoms with Crippen LogP contribution in [0.15, 0.2) is 115 Å². The molecule has 8 heteroatoms. The van der Waals surface area contributed by atoms with Crippen molar-refractivity contribution in [1.29, 1.82) is 0 Å². The molecule has 1 aliphatic heterocycles. The smallest absolute Gasteiger partial charge is 0.257 e. The van der Waals surface area contributed by atoms with Crippen molar-refractivity contribution in [3.05, 3.63) is 131 Å². The van der Waals surface area contributed by atoms with Gasteiger partial charge in [-0.2, -0.15) is 0 Å². The highest BCUT2D eigenvalue weighted by atomic mass is 16.2. The highest BCUT2D eigenvalue weighted by molar-refractivity contribution is 6.06. The van der Waals surface area contributed by atoms with Crippen LogP contribution in [0.1, 0.15) is 28.8 Å². The molecule has 220 valence electrons. The SMILES string of the molecule is C=CC(=O)Nc1ccccc1C(=O)NC1CCN(Cc2ccc(-c3nc4cc[nH]c(=O)c4cc3-c3ccccc3)cc2)CC1. The maximum Gasteiger partial charge on any atom is 0.257 e. The molecule has 0 spiro atoms. The van der Waals surface area contributed by atoms with E-state index in [9.17, 15) is 14.4 Å². The topological polar surface area (TPSA) is 107 Å². The lowest BCUT2D eigenvalue weighted by Gasteiger charge is -2.32. The molecule has 3 N–H and O–H groups in total. The number of benzene rings is 3. The molecule has 1 aliphatic rings. The van der Waals surface area contributed by atoms with Crippen LogP contribution in [-0.2, 0) is 11.3 Å². The predicted octanol–water partition coefficient (Wildman–Crippen LogP) is 5.78. The summed E-state index contributed by atoms with van der Waals surface area (Å²) < 4.78 is 0. The lowest BCUT2D eigenvalue weighted by atomic mass is 9.97. The molecule has 3 heterocycles. The van der Waals surface area contributed by atoms with Crippen molar-refractivity contribution in [1.82, 2.24) is 20.2 Å². The minimum atomic E-state index is -0.353. The van der Waals surface area contributed by atoms with E-state index in [1.807, 2.05) is 42.5 Å². The van der Waals surface area contributed by atoms with Gasteiger partial charge in [0.05, 0.1) is 27.8 Å². The molecule has 3 aromatic carbocycles. The van der Waals surface area contributed by atoms with E-state index in [2.05, 4.69) is 51.4 Å². The van der Waals surface area contributed by atoms with Crippen molar-refractivity contribution in [3.63, 3.8) is 0 Å². The van der Waals surface area contributed by atoms with Crippen LogP contribution in [0.3, 0.4) is 0 Å². The highest BCUT2D eigenvalue weighted by Gasteiger charge is 2.23. The Balaban J connectivity index is 1.11. The Morgan fingerprint density at radius 2 is 1.66 bits per heavy atom. The molecule has 8 nitrogen and oxygen atoms in total. The first kappa shape index (κ1) is 28.8. The molecule has 0 bridgehead atoms. The zero-order valence-corrected chi connectivity index (χ0v) is 24.3. The van der Waals surface area contributed by atoms with Gasteiger partial charge in [0, 0.05) is 43.0 Å². The third kappa shape index (κ3) is 6.35. The number of hydrogen-bond acceptors (Lipinski definition) is 5. The van der Waals surface area contributed by atoms with Crippen LogP contribution < -0.4 is 16.2 Å². The summed E-state index contributed by atoms with van der Waals surface area (Å²) in [6, 6.07) is 29.3. The molecule has 0 atom stereocenters. The second-order valence-electron chi connectivity index (χ2n) is 10.9. The maximum absolute atomic E-state index is 13.0. The number of nitrogens with zero attached hydrogens (tertiary/aromatic N) is 2. The number of amides is 2. The van der Waals surface area contributed by atoms with E-state index in [-0.39, 0.29) is 23.4 Å². The van der Waals surface area contributed by atoms with Gasteiger partial charge in [-0.3, -0.25) is 19.3 Å². The van der Waals surface area contributed by atoms with Crippen LogP contribution in [0, 0.1) is 0 Å². The number of pyridine rings is 2. The molecule has 0 aliphatic carbocycles. The molecule has 0 radical (unpaired) electrons. The van der Waals surface area contributed by atoms with Crippen LogP contribution in [0.2, 0.25) is 0 Å². The van der Waals surface area contributed by atoms with Crippen molar-refractivity contribution in [2.24, 2.45) is 0 Å². The molecule has 5 aromatic rings. The maximum atomic E-state index is 13.0. The molecular weight excluding hydrogens is 550 g/mol. The number of carbonyl (C=O) groups excluding carboxylic acids is 2. The van der Waals surface area contributed by atoms with Crippen LogP contribution >= 0.6 is 0 Å². The summed E-state index contributed by atoms with van der Waals surface area (Å²) in [5.74, 6) is -0.547. The average molecular weight is 584 g/mol. The molecule has 2 aromatic heterocycles.